The summed E-state index contributed by atoms with van der Waals surface area (Å²) in [5, 5.41) is 7.98. The maximum atomic E-state index is 12.7. The topological polar surface area (TPSA) is 71.3 Å². The highest BCUT2D eigenvalue weighted by molar-refractivity contribution is 7.98. The van der Waals surface area contributed by atoms with Crippen LogP contribution in [0.5, 0.6) is 0 Å². The molecule has 2 aromatic carbocycles. The summed E-state index contributed by atoms with van der Waals surface area (Å²) in [6, 6.07) is 17.7. The highest BCUT2D eigenvalue weighted by atomic mass is 35.5. The first kappa shape index (κ1) is 22.8. The van der Waals surface area contributed by atoms with Crippen molar-refractivity contribution in [1.29, 1.82) is 0 Å². The van der Waals surface area contributed by atoms with E-state index in [-0.39, 0.29) is 11.8 Å². The van der Waals surface area contributed by atoms with Crippen LogP contribution in [0.2, 0.25) is 5.02 Å². The second kappa shape index (κ2) is 11.5. The first-order valence-corrected chi connectivity index (χ1v) is 12.4. The van der Waals surface area contributed by atoms with Crippen molar-refractivity contribution in [1.82, 2.24) is 20.4 Å². The Kier molecular flexibility index (Phi) is 8.20. The average molecular weight is 471 g/mol. The Hall–Kier alpha value is -2.35. The highest BCUT2D eigenvalue weighted by Gasteiger charge is 2.26. The molecule has 32 heavy (non-hydrogen) atoms. The Morgan fingerprint density at radius 3 is 2.84 bits per heavy atom. The fraction of sp³-hybridized carbons (Fsp3) is 0.375. The zero-order valence-corrected chi connectivity index (χ0v) is 19.4. The summed E-state index contributed by atoms with van der Waals surface area (Å²) in [4.78, 5) is 19.4. The molecule has 1 unspecified atom stereocenters. The Labute approximate surface area is 197 Å². The summed E-state index contributed by atoms with van der Waals surface area (Å²) in [7, 11) is 0. The van der Waals surface area contributed by atoms with Gasteiger partial charge in [-0.25, -0.2) is 0 Å². The van der Waals surface area contributed by atoms with Crippen molar-refractivity contribution in [3.8, 4) is 11.4 Å². The third kappa shape index (κ3) is 6.34. The third-order valence-corrected chi connectivity index (χ3v) is 6.87. The molecule has 2 heterocycles. The van der Waals surface area contributed by atoms with Gasteiger partial charge in [0.25, 0.3) is 0 Å². The Bertz CT molecular complexity index is 1010. The molecule has 168 valence electrons. The number of benzene rings is 2. The first-order valence-electron chi connectivity index (χ1n) is 10.9. The van der Waals surface area contributed by atoms with Crippen molar-refractivity contribution in [3.63, 3.8) is 0 Å². The lowest BCUT2D eigenvalue weighted by Gasteiger charge is -2.30. The predicted molar refractivity (Wildman–Crippen MR) is 128 cm³/mol. The first-order chi connectivity index (χ1) is 15.7. The maximum absolute atomic E-state index is 12.7. The molecule has 0 bridgehead atoms. The van der Waals surface area contributed by atoms with E-state index in [2.05, 4.69) is 20.4 Å². The van der Waals surface area contributed by atoms with E-state index in [0.717, 1.165) is 47.0 Å². The number of nitrogens with zero attached hydrogens (tertiary/aromatic N) is 3. The summed E-state index contributed by atoms with van der Waals surface area (Å²) < 4.78 is 5.44. The summed E-state index contributed by atoms with van der Waals surface area (Å²) in [6.45, 7) is 2.87. The van der Waals surface area contributed by atoms with Crippen LogP contribution in [0.4, 0.5) is 0 Å². The Morgan fingerprint density at radius 1 is 1.19 bits per heavy atom. The van der Waals surface area contributed by atoms with Gasteiger partial charge in [0.15, 0.2) is 0 Å². The number of aromatic nitrogens is 2. The Balaban J connectivity index is 1.19. The van der Waals surface area contributed by atoms with Crippen molar-refractivity contribution >= 4 is 29.3 Å². The molecule has 1 atom stereocenters. The normalized spacial score (nSPS) is 16.7. The minimum absolute atomic E-state index is 0.00571. The molecule has 0 spiro atoms. The van der Waals surface area contributed by atoms with Crippen LogP contribution in [0.15, 0.2) is 59.1 Å². The molecular weight excluding hydrogens is 444 g/mol. The molecule has 0 radical (unpaired) electrons. The molecule has 1 aliphatic rings. The van der Waals surface area contributed by atoms with E-state index in [4.69, 9.17) is 16.1 Å². The molecule has 4 rings (SSSR count). The number of rotatable bonds is 9. The summed E-state index contributed by atoms with van der Waals surface area (Å²) in [5.41, 5.74) is 2.07. The number of carbonyl (C=O) groups is 1. The summed E-state index contributed by atoms with van der Waals surface area (Å²) >= 11 is 7.97. The Morgan fingerprint density at radius 2 is 2.00 bits per heavy atom. The van der Waals surface area contributed by atoms with Crippen LogP contribution in [-0.4, -0.2) is 46.3 Å². The molecule has 6 nitrogen and oxygen atoms in total. The third-order valence-electron chi connectivity index (χ3n) is 5.50. The van der Waals surface area contributed by atoms with Gasteiger partial charge in [-0.15, -0.1) is 0 Å². The molecule has 1 fully saturated rings. The summed E-state index contributed by atoms with van der Waals surface area (Å²) in [5.74, 6) is 3.01. The average Bonchev–Trinajstić information content (AvgIpc) is 3.29. The number of halogens is 1. The van der Waals surface area contributed by atoms with Gasteiger partial charge in [-0.3, -0.25) is 9.69 Å². The van der Waals surface area contributed by atoms with Crippen LogP contribution in [-0.2, 0) is 17.1 Å². The fourth-order valence-corrected chi connectivity index (χ4v) is 4.96. The van der Waals surface area contributed by atoms with Gasteiger partial charge in [-0.05, 0) is 31.0 Å². The van der Waals surface area contributed by atoms with Crippen LogP contribution in [0, 0.1) is 5.92 Å². The summed E-state index contributed by atoms with van der Waals surface area (Å²) in [6.07, 6.45) is 1.90. The molecule has 3 aromatic rings. The van der Waals surface area contributed by atoms with Crippen LogP contribution in [0.3, 0.4) is 0 Å². The number of amides is 1. The molecule has 0 saturated carbocycles. The maximum Gasteiger partial charge on any atom is 0.241 e. The van der Waals surface area contributed by atoms with E-state index >= 15 is 0 Å². The predicted octanol–water partition coefficient (Wildman–Crippen LogP) is 4.65. The number of likely N-dealkylation sites (tertiary alicyclic amines) is 1. The molecule has 1 aromatic heterocycles. The second-order valence-corrected chi connectivity index (χ2v) is 9.40. The molecule has 0 aliphatic carbocycles. The van der Waals surface area contributed by atoms with Crippen LogP contribution in [0.1, 0.15) is 24.3 Å². The standard InChI is InChI=1S/C24H27ClN4O2S/c25-21-11-5-4-9-20(21)17-32-14-12-26-24(30)19-10-6-13-29(15-19)16-22-27-23(28-31-22)18-7-2-1-3-8-18/h1-5,7-9,11,19H,6,10,12-17H2,(H,26,30). The van der Waals surface area contributed by atoms with Crippen molar-refractivity contribution in [3.05, 3.63) is 71.1 Å². The van der Waals surface area contributed by atoms with Gasteiger partial charge in [0, 0.05) is 35.2 Å². The molecule has 1 aliphatic heterocycles. The minimum Gasteiger partial charge on any atom is -0.355 e. The molecule has 1 N–H and O–H groups in total. The van der Waals surface area contributed by atoms with E-state index in [1.165, 1.54) is 0 Å². The van der Waals surface area contributed by atoms with Gasteiger partial charge in [-0.1, -0.05) is 65.3 Å². The molecule has 8 heteroatoms. The van der Waals surface area contributed by atoms with Gasteiger partial charge in [0.05, 0.1) is 12.5 Å². The molecular formula is C24H27ClN4O2S. The lowest BCUT2D eigenvalue weighted by molar-refractivity contribution is -0.126. The van der Waals surface area contributed by atoms with Crippen LogP contribution in [0.25, 0.3) is 11.4 Å². The van der Waals surface area contributed by atoms with Gasteiger partial charge in [0.2, 0.25) is 17.6 Å². The SMILES string of the molecule is O=C(NCCSCc1ccccc1Cl)C1CCCN(Cc2nc(-c3ccccc3)no2)C1. The van der Waals surface area contributed by atoms with Crippen molar-refractivity contribution in [2.75, 3.05) is 25.4 Å². The number of carbonyl (C=O) groups excluding carboxylic acids is 1. The molecule has 1 saturated heterocycles. The zero-order chi connectivity index (χ0) is 22.2. The quantitative estimate of drug-likeness (QED) is 0.459. The van der Waals surface area contributed by atoms with E-state index in [1.807, 2.05) is 54.6 Å². The number of thioether (sulfide) groups is 1. The second-order valence-electron chi connectivity index (χ2n) is 7.89. The number of piperidine rings is 1. The van der Waals surface area contributed by atoms with E-state index in [9.17, 15) is 4.79 Å². The lowest BCUT2D eigenvalue weighted by atomic mass is 9.97. The monoisotopic (exact) mass is 470 g/mol. The lowest BCUT2D eigenvalue weighted by Crippen LogP contribution is -2.43. The number of hydrogen-bond acceptors (Lipinski definition) is 6. The van der Waals surface area contributed by atoms with Crippen molar-refractivity contribution in [2.24, 2.45) is 5.92 Å². The molecule has 1 amide bonds. The van der Waals surface area contributed by atoms with Crippen molar-refractivity contribution < 1.29 is 9.32 Å². The number of nitrogens with one attached hydrogen (secondary N) is 1. The van der Waals surface area contributed by atoms with Crippen LogP contribution < -0.4 is 5.32 Å². The van der Waals surface area contributed by atoms with Gasteiger partial charge in [-0.2, -0.15) is 16.7 Å². The van der Waals surface area contributed by atoms with Gasteiger partial charge in [0.1, 0.15) is 0 Å². The van der Waals surface area contributed by atoms with Crippen molar-refractivity contribution in [2.45, 2.75) is 25.1 Å². The van der Waals surface area contributed by atoms with E-state index in [0.29, 0.717) is 31.3 Å². The fourth-order valence-electron chi connectivity index (χ4n) is 3.82. The van der Waals surface area contributed by atoms with E-state index < -0.39 is 0 Å². The van der Waals surface area contributed by atoms with Gasteiger partial charge >= 0.3 is 0 Å². The highest BCUT2D eigenvalue weighted by Crippen LogP contribution is 2.22. The smallest absolute Gasteiger partial charge is 0.241 e. The van der Waals surface area contributed by atoms with E-state index in [1.54, 1.807) is 11.8 Å². The minimum atomic E-state index is -0.00571. The van der Waals surface area contributed by atoms with Gasteiger partial charge < -0.3 is 9.84 Å². The number of hydrogen-bond donors (Lipinski definition) is 1. The van der Waals surface area contributed by atoms with Crippen LogP contribution >= 0.6 is 23.4 Å². The zero-order valence-electron chi connectivity index (χ0n) is 17.9. The largest absolute Gasteiger partial charge is 0.355 e.